The van der Waals surface area contributed by atoms with Crippen LogP contribution in [0.2, 0.25) is 10.0 Å². The average molecular weight is 1180 g/mol. The lowest BCUT2D eigenvalue weighted by Crippen LogP contribution is -2.40. The van der Waals surface area contributed by atoms with Gasteiger partial charge in [0.25, 0.3) is 0 Å². The van der Waals surface area contributed by atoms with Crippen molar-refractivity contribution in [1.29, 1.82) is 0 Å². The maximum atomic E-state index is 11.5. The molecule has 3 fully saturated rings. The number of halogens is 4. The van der Waals surface area contributed by atoms with Crippen LogP contribution in [0.15, 0.2) is 147 Å². The standard InChI is InChI=1S/C29H31ClN6O.C26H29ClN6.C4H8O.C3H3ClO.ClH/c1-3-27(37)33-20-13-11-19(12-14-20)18-36(2)22-8-6-7-21(15-22)34-29-32-17-25(30)28(35-29)24-16-31-26-10-5-4-9-23(24)26;1-33(16-17-9-11-18(28)12-10-17)20-6-4-5-19(13-20)31-26-30-15-23(27)25(32-26)22-14-29-24-8-3-2-7-21(22)24;1-2-4-5-3-1;1-2-3(4)5;/h3-5,9-14,16-17,21-22,31H,1,6-8,15,18H2,2H3,(H,33,37)(H,32,34,35);2-3,7-12,14-15,19-20,29H,4-6,13,16,28H2,1H3,(H,30,31,32);1-4H2;2H,1H2;1H/t21-,22+;19-,20+;;;/m11.../s1. The number of H-pyrrole nitrogens is 2. The van der Waals surface area contributed by atoms with E-state index in [1.807, 2.05) is 67.0 Å². The molecule has 0 bridgehead atoms. The molecule has 1 amide bonds. The van der Waals surface area contributed by atoms with Crippen LogP contribution in [-0.4, -0.2) is 102 Å². The number of carbonyl (C=O) groups excluding carboxylic acids is 2. The van der Waals surface area contributed by atoms with Crippen LogP contribution in [0.25, 0.3) is 44.3 Å². The van der Waals surface area contributed by atoms with E-state index in [9.17, 15) is 9.59 Å². The summed E-state index contributed by atoms with van der Waals surface area (Å²) in [5.74, 6) is 1.03. The van der Waals surface area contributed by atoms with Crippen LogP contribution in [0.1, 0.15) is 75.3 Å². The molecule has 11 rings (SSSR count). The molecule has 0 unspecified atom stereocenters. The van der Waals surface area contributed by atoms with Gasteiger partial charge in [-0.25, -0.2) is 19.9 Å². The second kappa shape index (κ2) is 30.8. The molecule has 8 aromatic rings. The highest BCUT2D eigenvalue weighted by Crippen LogP contribution is 2.35. The summed E-state index contributed by atoms with van der Waals surface area (Å²) in [7, 11) is 4.38. The first-order chi connectivity index (χ1) is 38.8. The molecular weight excluding hydrogens is 1100 g/mol. The van der Waals surface area contributed by atoms with Crippen molar-refractivity contribution in [1.82, 2.24) is 39.7 Å². The number of rotatable bonds is 15. The molecule has 3 aliphatic rings. The lowest BCUT2D eigenvalue weighted by Gasteiger charge is -2.35. The van der Waals surface area contributed by atoms with Gasteiger partial charge in [-0.15, -0.1) is 12.4 Å². The van der Waals surface area contributed by atoms with E-state index in [-0.39, 0.29) is 24.4 Å². The summed E-state index contributed by atoms with van der Waals surface area (Å²) in [6, 6.07) is 34.0. The number of hydrogen-bond acceptors (Lipinski definition) is 12. The number of allylic oxidation sites excluding steroid dienone is 1. The second-order valence-electron chi connectivity index (χ2n) is 20.4. The van der Waals surface area contributed by atoms with Crippen molar-refractivity contribution in [2.45, 2.75) is 101 Å². The van der Waals surface area contributed by atoms with E-state index in [0.29, 0.717) is 40.1 Å². The lowest BCUT2D eigenvalue weighted by atomic mass is 9.90. The third-order valence-corrected chi connectivity index (χ3v) is 15.3. The van der Waals surface area contributed by atoms with E-state index in [0.717, 1.165) is 127 Å². The number of aromatic amines is 2. The quantitative estimate of drug-likeness (QED) is 0.0323. The Morgan fingerprint density at radius 1 is 0.667 bits per heavy atom. The normalized spacial score (nSPS) is 17.5. The molecule has 4 aromatic carbocycles. The van der Waals surface area contributed by atoms with Crippen molar-refractivity contribution in [3.05, 3.63) is 168 Å². The van der Waals surface area contributed by atoms with Gasteiger partial charge in [-0.3, -0.25) is 19.4 Å². The molecule has 2 saturated carbocycles. The van der Waals surface area contributed by atoms with Crippen molar-refractivity contribution in [3.8, 4) is 22.5 Å². The van der Waals surface area contributed by atoms with E-state index in [1.165, 1.54) is 42.9 Å². The van der Waals surface area contributed by atoms with Crippen molar-refractivity contribution in [2.24, 2.45) is 0 Å². The Kier molecular flexibility index (Phi) is 23.5. The number of amides is 1. The van der Waals surface area contributed by atoms with E-state index in [4.69, 9.17) is 55.2 Å². The summed E-state index contributed by atoms with van der Waals surface area (Å²) in [5, 5.41) is 12.7. The summed E-state index contributed by atoms with van der Waals surface area (Å²) in [6.45, 7) is 10.3. The van der Waals surface area contributed by atoms with Gasteiger partial charge in [0.2, 0.25) is 23.0 Å². The Bertz CT molecular complexity index is 3310. The molecule has 4 aromatic heterocycles. The highest BCUT2D eigenvalue weighted by Gasteiger charge is 2.28. The summed E-state index contributed by atoms with van der Waals surface area (Å²) >= 11 is 17.7. The van der Waals surface area contributed by atoms with E-state index < -0.39 is 5.24 Å². The molecule has 81 heavy (non-hydrogen) atoms. The molecule has 2 aliphatic carbocycles. The van der Waals surface area contributed by atoms with E-state index >= 15 is 0 Å². The number of anilines is 4. The number of nitrogens with two attached hydrogens (primary N) is 1. The Morgan fingerprint density at radius 3 is 1.53 bits per heavy atom. The molecule has 15 nitrogen and oxygen atoms in total. The zero-order valence-corrected chi connectivity index (χ0v) is 48.9. The average Bonchev–Trinajstić information content (AvgIpc) is 4.31. The first-order valence-electron chi connectivity index (χ1n) is 27.2. The predicted octanol–water partition coefficient (Wildman–Crippen LogP) is 14.1. The van der Waals surface area contributed by atoms with E-state index in [1.54, 1.807) is 12.4 Å². The SMILES string of the molecule is C1CCOC1.C=CC(=O)Cl.C=CC(=O)Nc1ccc(CN(C)[C@H]2CCC[C@@H](Nc3ncc(Cl)c(-c4c[nH]c5ccccc45)n3)C2)cc1.CN(Cc1ccc(N)cc1)[C@H]1CCC[C@@H](Nc2ncc(Cl)c(-c3c[nH]c4ccccc34)n2)C1.Cl. The van der Waals surface area contributed by atoms with Gasteiger partial charge in [-0.1, -0.05) is 97.0 Å². The van der Waals surface area contributed by atoms with E-state index in [2.05, 4.69) is 115 Å². The second-order valence-corrected chi connectivity index (χ2v) is 21.6. The lowest BCUT2D eigenvalue weighted by molar-refractivity contribution is -0.112. The number of hydrogen-bond donors (Lipinski definition) is 6. The molecule has 0 radical (unpaired) electrons. The van der Waals surface area contributed by atoms with Crippen LogP contribution in [0.3, 0.4) is 0 Å². The number of ether oxygens (including phenoxy) is 1. The van der Waals surface area contributed by atoms with Gasteiger partial charge in [-0.2, -0.15) is 0 Å². The summed E-state index contributed by atoms with van der Waals surface area (Å²) in [5.41, 5.74) is 15.5. The maximum Gasteiger partial charge on any atom is 0.247 e. The molecular formula is C62H72Cl4N12O3. The fraction of sp³-hybridized carbons (Fsp3) is 0.323. The van der Waals surface area contributed by atoms with Gasteiger partial charge in [0, 0.05) is 107 Å². The third-order valence-electron chi connectivity index (χ3n) is 14.6. The van der Waals surface area contributed by atoms with Crippen LogP contribution in [0.4, 0.5) is 23.3 Å². The van der Waals surface area contributed by atoms with Crippen LogP contribution < -0.4 is 21.7 Å². The zero-order valence-electron chi connectivity index (χ0n) is 45.9. The van der Waals surface area contributed by atoms with Crippen molar-refractivity contribution < 1.29 is 14.3 Å². The van der Waals surface area contributed by atoms with Gasteiger partial charge < -0.3 is 36.4 Å². The highest BCUT2D eigenvalue weighted by molar-refractivity contribution is 6.66. The fourth-order valence-electron chi connectivity index (χ4n) is 10.4. The van der Waals surface area contributed by atoms with Crippen molar-refractivity contribution >= 4 is 103 Å². The first kappa shape index (κ1) is 61.8. The summed E-state index contributed by atoms with van der Waals surface area (Å²) in [4.78, 5) is 51.0. The molecule has 19 heteroatoms. The minimum absolute atomic E-state index is 0. The van der Waals surface area contributed by atoms with Crippen molar-refractivity contribution in [3.63, 3.8) is 0 Å². The smallest absolute Gasteiger partial charge is 0.247 e. The number of benzene rings is 4. The molecule has 5 heterocycles. The molecule has 1 aliphatic heterocycles. The Hall–Kier alpha value is -6.82. The van der Waals surface area contributed by atoms with Crippen LogP contribution in [0.5, 0.6) is 0 Å². The molecule has 1 saturated heterocycles. The van der Waals surface area contributed by atoms with Crippen LogP contribution in [-0.2, 0) is 27.4 Å². The van der Waals surface area contributed by atoms with Gasteiger partial charge in [-0.05, 0) is 150 Å². The number of carbonyl (C=O) groups is 2. The summed E-state index contributed by atoms with van der Waals surface area (Å²) < 4.78 is 4.94. The Balaban J connectivity index is 0.000000198. The zero-order chi connectivity index (χ0) is 56.4. The summed E-state index contributed by atoms with van der Waals surface area (Å²) in [6.07, 6.45) is 21.1. The number of nitrogen functional groups attached to an aromatic ring is 1. The molecule has 0 spiro atoms. The minimum atomic E-state index is -0.509. The van der Waals surface area contributed by atoms with Gasteiger partial charge in [0.05, 0.1) is 33.8 Å². The Morgan fingerprint density at radius 2 is 1.11 bits per heavy atom. The number of fused-ring (bicyclic) bond motifs is 2. The minimum Gasteiger partial charge on any atom is -0.399 e. The maximum absolute atomic E-state index is 11.5. The fourth-order valence-corrected chi connectivity index (χ4v) is 10.8. The largest absolute Gasteiger partial charge is 0.399 e. The number of nitrogens with one attached hydrogen (secondary N) is 5. The number of aromatic nitrogens is 6. The van der Waals surface area contributed by atoms with Gasteiger partial charge >= 0.3 is 0 Å². The molecule has 7 N–H and O–H groups in total. The molecule has 426 valence electrons. The first-order valence-corrected chi connectivity index (χ1v) is 28.4. The number of nitrogens with zero attached hydrogens (tertiary/aromatic N) is 6. The number of para-hydroxylation sites is 2. The monoisotopic (exact) mass is 1170 g/mol. The van der Waals surface area contributed by atoms with Gasteiger partial charge in [0.15, 0.2) is 0 Å². The highest BCUT2D eigenvalue weighted by atomic mass is 35.5. The topological polar surface area (TPSA) is 195 Å². The third kappa shape index (κ3) is 17.8. The van der Waals surface area contributed by atoms with Crippen molar-refractivity contribution in [2.75, 3.05) is 49.0 Å². The van der Waals surface area contributed by atoms with Crippen LogP contribution >= 0.6 is 47.2 Å². The van der Waals surface area contributed by atoms with Crippen LogP contribution in [0, 0.1) is 0 Å². The Labute approximate surface area is 495 Å². The van der Waals surface area contributed by atoms with Gasteiger partial charge in [0.1, 0.15) is 0 Å². The predicted molar refractivity (Wildman–Crippen MR) is 335 cm³/mol. The molecule has 4 atom stereocenters.